The molecule has 0 saturated carbocycles. The van der Waals surface area contributed by atoms with Gasteiger partial charge in [0.1, 0.15) is 5.69 Å². The van der Waals surface area contributed by atoms with E-state index in [0.29, 0.717) is 42.8 Å². The summed E-state index contributed by atoms with van der Waals surface area (Å²) in [7, 11) is 2.90. The third-order valence-corrected chi connectivity index (χ3v) is 4.57. The summed E-state index contributed by atoms with van der Waals surface area (Å²) in [6.07, 6.45) is 1.03. The van der Waals surface area contributed by atoms with Crippen molar-refractivity contribution in [1.29, 1.82) is 0 Å². The van der Waals surface area contributed by atoms with Crippen LogP contribution in [0.2, 0.25) is 0 Å². The fourth-order valence-electron chi connectivity index (χ4n) is 3.16. The number of H-pyrrole nitrogens is 1. The van der Waals surface area contributed by atoms with E-state index in [2.05, 4.69) is 4.98 Å². The number of esters is 1. The van der Waals surface area contributed by atoms with Crippen molar-refractivity contribution < 1.29 is 23.9 Å². The van der Waals surface area contributed by atoms with Gasteiger partial charge >= 0.3 is 5.97 Å². The summed E-state index contributed by atoms with van der Waals surface area (Å²) < 4.78 is 9.84. The van der Waals surface area contributed by atoms with E-state index in [1.807, 2.05) is 13.8 Å². The molecule has 152 valence electrons. The minimum absolute atomic E-state index is 0.0546. The van der Waals surface area contributed by atoms with Crippen molar-refractivity contribution in [2.24, 2.45) is 5.92 Å². The first-order chi connectivity index (χ1) is 12.6. The molecule has 1 rings (SSSR count). The minimum Gasteiger partial charge on any atom is -0.464 e. The Hall–Kier alpha value is -2.15. The molecule has 0 saturated heterocycles. The quantitative estimate of drug-likeness (QED) is 0.383. The van der Waals surface area contributed by atoms with Crippen LogP contribution in [0.4, 0.5) is 0 Å². The van der Waals surface area contributed by atoms with Gasteiger partial charge in [-0.1, -0.05) is 13.8 Å². The fraction of sp³-hybridized carbons (Fsp3) is 0.650. The van der Waals surface area contributed by atoms with Crippen molar-refractivity contribution in [1.82, 2.24) is 9.88 Å². The van der Waals surface area contributed by atoms with Crippen LogP contribution in [0.3, 0.4) is 0 Å². The standard InChI is InChI=1S/C20H32N2O5/c1-12(2)11-16(23)22(9-8-10-26-6)15(5)19(24)17-13(3)18(20(25)27-7)21-14(17)4/h12,15,21H,8-11H2,1-7H3. The van der Waals surface area contributed by atoms with Gasteiger partial charge in [-0.15, -0.1) is 0 Å². The zero-order valence-electron chi connectivity index (χ0n) is 17.5. The van der Waals surface area contributed by atoms with Crippen molar-refractivity contribution in [2.75, 3.05) is 27.4 Å². The van der Waals surface area contributed by atoms with Crippen molar-refractivity contribution in [3.05, 3.63) is 22.5 Å². The maximum absolute atomic E-state index is 13.2. The van der Waals surface area contributed by atoms with Crippen LogP contribution in [-0.2, 0) is 14.3 Å². The summed E-state index contributed by atoms with van der Waals surface area (Å²) in [5.41, 5.74) is 1.85. The number of aromatic nitrogens is 1. The van der Waals surface area contributed by atoms with Crippen LogP contribution in [0.1, 0.15) is 65.7 Å². The molecule has 0 fully saturated rings. The molecule has 0 aliphatic rings. The number of aryl methyl sites for hydroxylation is 1. The van der Waals surface area contributed by atoms with Crippen molar-refractivity contribution in [3.8, 4) is 0 Å². The van der Waals surface area contributed by atoms with E-state index in [9.17, 15) is 14.4 Å². The Morgan fingerprint density at radius 1 is 1.11 bits per heavy atom. The van der Waals surface area contributed by atoms with Crippen molar-refractivity contribution in [2.45, 2.75) is 53.5 Å². The monoisotopic (exact) mass is 380 g/mol. The summed E-state index contributed by atoms with van der Waals surface area (Å²) in [6.45, 7) is 10.1. The highest BCUT2D eigenvalue weighted by Gasteiger charge is 2.31. The topological polar surface area (TPSA) is 88.7 Å². The molecule has 0 bridgehead atoms. The molecular formula is C20H32N2O5. The molecule has 0 aliphatic carbocycles. The second-order valence-corrected chi connectivity index (χ2v) is 7.19. The number of ether oxygens (including phenoxy) is 2. The lowest BCUT2D eigenvalue weighted by Crippen LogP contribution is -2.44. The number of hydrogen-bond acceptors (Lipinski definition) is 5. The molecule has 7 heteroatoms. The largest absolute Gasteiger partial charge is 0.464 e. The highest BCUT2D eigenvalue weighted by atomic mass is 16.5. The second-order valence-electron chi connectivity index (χ2n) is 7.19. The lowest BCUT2D eigenvalue weighted by molar-refractivity contribution is -0.133. The molecule has 1 N–H and O–H groups in total. The van der Waals surface area contributed by atoms with Gasteiger partial charge in [0.05, 0.1) is 13.2 Å². The number of nitrogens with one attached hydrogen (secondary N) is 1. The predicted molar refractivity (Wildman–Crippen MR) is 103 cm³/mol. The number of carbonyl (C=O) groups excluding carboxylic acids is 3. The normalized spacial score (nSPS) is 12.1. The molecule has 1 aromatic heterocycles. The summed E-state index contributed by atoms with van der Waals surface area (Å²) >= 11 is 0. The maximum atomic E-state index is 13.2. The molecule has 1 atom stereocenters. The van der Waals surface area contributed by atoms with E-state index in [1.165, 1.54) is 7.11 Å². The highest BCUT2D eigenvalue weighted by Crippen LogP contribution is 2.22. The van der Waals surface area contributed by atoms with Crippen LogP contribution in [0, 0.1) is 19.8 Å². The number of aromatic amines is 1. The summed E-state index contributed by atoms with van der Waals surface area (Å²) in [6, 6.07) is -0.633. The average Bonchev–Trinajstić information content (AvgIpc) is 2.90. The first-order valence-corrected chi connectivity index (χ1v) is 9.25. The van der Waals surface area contributed by atoms with Gasteiger partial charge in [-0.25, -0.2) is 4.79 Å². The molecule has 0 aromatic carbocycles. The van der Waals surface area contributed by atoms with E-state index in [0.717, 1.165) is 0 Å². The van der Waals surface area contributed by atoms with Crippen LogP contribution >= 0.6 is 0 Å². The third kappa shape index (κ3) is 5.66. The number of nitrogens with zero attached hydrogens (tertiary/aromatic N) is 1. The van der Waals surface area contributed by atoms with Crippen LogP contribution in [0.15, 0.2) is 0 Å². The summed E-state index contributed by atoms with van der Waals surface area (Å²) in [5, 5.41) is 0. The van der Waals surface area contributed by atoms with Gasteiger partial charge in [0, 0.05) is 37.9 Å². The zero-order valence-corrected chi connectivity index (χ0v) is 17.5. The Bertz CT molecular complexity index is 678. The average molecular weight is 380 g/mol. The Morgan fingerprint density at radius 3 is 2.26 bits per heavy atom. The van der Waals surface area contributed by atoms with E-state index < -0.39 is 12.0 Å². The van der Waals surface area contributed by atoms with Crippen LogP contribution in [0.5, 0.6) is 0 Å². The smallest absolute Gasteiger partial charge is 0.354 e. The number of hydrogen-bond donors (Lipinski definition) is 1. The molecule has 0 aliphatic heterocycles. The van der Waals surface area contributed by atoms with Gasteiger partial charge in [0.25, 0.3) is 0 Å². The van der Waals surface area contributed by atoms with Crippen molar-refractivity contribution >= 4 is 17.7 Å². The lowest BCUT2D eigenvalue weighted by atomic mass is 9.99. The Kier molecular flexibility index (Phi) is 8.69. The summed E-state index contributed by atoms with van der Waals surface area (Å²) in [4.78, 5) is 42.3. The molecule has 1 heterocycles. The maximum Gasteiger partial charge on any atom is 0.354 e. The molecule has 7 nitrogen and oxygen atoms in total. The number of methoxy groups -OCH3 is 2. The van der Waals surface area contributed by atoms with Gasteiger partial charge in [-0.3, -0.25) is 9.59 Å². The SMILES string of the molecule is COCCCN(C(=O)CC(C)C)C(C)C(=O)c1c(C)[nH]c(C(=O)OC)c1C. The van der Waals surface area contributed by atoms with E-state index in [1.54, 1.807) is 32.8 Å². The molecular weight excluding hydrogens is 348 g/mol. The van der Waals surface area contributed by atoms with E-state index in [4.69, 9.17) is 9.47 Å². The van der Waals surface area contributed by atoms with Gasteiger partial charge in [-0.05, 0) is 38.7 Å². The highest BCUT2D eigenvalue weighted by molar-refractivity contribution is 6.06. The fourth-order valence-corrected chi connectivity index (χ4v) is 3.16. The molecule has 1 aromatic rings. The van der Waals surface area contributed by atoms with Gasteiger partial charge in [0.15, 0.2) is 5.78 Å². The number of ketones is 1. The Balaban J connectivity index is 3.15. The first-order valence-electron chi connectivity index (χ1n) is 9.25. The van der Waals surface area contributed by atoms with E-state index >= 15 is 0 Å². The minimum atomic E-state index is -0.633. The molecule has 27 heavy (non-hydrogen) atoms. The summed E-state index contributed by atoms with van der Waals surface area (Å²) in [5.74, 6) is -0.562. The van der Waals surface area contributed by atoms with Crippen LogP contribution in [0.25, 0.3) is 0 Å². The Labute approximate surface area is 161 Å². The lowest BCUT2D eigenvalue weighted by Gasteiger charge is -2.29. The van der Waals surface area contributed by atoms with Gasteiger partial charge in [0.2, 0.25) is 5.91 Å². The van der Waals surface area contributed by atoms with Gasteiger partial charge < -0.3 is 19.4 Å². The number of carbonyl (C=O) groups is 3. The molecule has 1 amide bonds. The predicted octanol–water partition coefficient (Wildman–Crippen LogP) is 2.90. The Morgan fingerprint density at radius 2 is 1.74 bits per heavy atom. The second kappa shape index (κ2) is 10.3. The van der Waals surface area contributed by atoms with Crippen LogP contribution < -0.4 is 0 Å². The number of amides is 1. The first kappa shape index (κ1) is 22.9. The third-order valence-electron chi connectivity index (χ3n) is 4.57. The van der Waals surface area contributed by atoms with Gasteiger partial charge in [-0.2, -0.15) is 0 Å². The van der Waals surface area contributed by atoms with Crippen molar-refractivity contribution in [3.63, 3.8) is 0 Å². The molecule has 1 unspecified atom stereocenters. The molecule has 0 radical (unpaired) electrons. The number of Topliss-reactive ketones (excluding diaryl/α,β-unsaturated/α-hetero) is 1. The number of rotatable bonds is 10. The van der Waals surface area contributed by atoms with E-state index in [-0.39, 0.29) is 23.3 Å². The van der Waals surface area contributed by atoms with Crippen LogP contribution in [-0.4, -0.2) is 61.0 Å². The molecule has 0 spiro atoms. The zero-order chi connectivity index (χ0) is 20.7.